The number of aromatic nitrogens is 3. The van der Waals surface area contributed by atoms with Crippen LogP contribution < -0.4 is 10.1 Å². The van der Waals surface area contributed by atoms with Gasteiger partial charge >= 0.3 is 0 Å². The number of rotatable bonds is 5. The second kappa shape index (κ2) is 7.31. The molecule has 0 atom stereocenters. The van der Waals surface area contributed by atoms with Crippen molar-refractivity contribution in [1.82, 2.24) is 14.8 Å². The first kappa shape index (κ1) is 18.0. The van der Waals surface area contributed by atoms with Crippen molar-refractivity contribution in [2.45, 2.75) is 27.3 Å². The summed E-state index contributed by atoms with van der Waals surface area (Å²) in [6.07, 6.45) is 0. The number of carbonyl (C=O) groups is 1. The standard InChI is InChI=1S/C22H22N4O2/c1-4-26-21-18(13-16-8-6-7-14(3)19(16)23-21)20(25-26)24-22(27)15-9-11-17(12-10-15)28-5-2/h6-13H,4-5H2,1-3H3,(H,24,25,27). The van der Waals surface area contributed by atoms with E-state index in [-0.39, 0.29) is 5.91 Å². The molecule has 1 N–H and O–H groups in total. The van der Waals surface area contributed by atoms with Crippen molar-refractivity contribution in [1.29, 1.82) is 0 Å². The Labute approximate surface area is 163 Å². The summed E-state index contributed by atoms with van der Waals surface area (Å²) in [5, 5.41) is 9.37. The van der Waals surface area contributed by atoms with Gasteiger partial charge in [-0.15, -0.1) is 0 Å². The lowest BCUT2D eigenvalue weighted by atomic mass is 10.1. The van der Waals surface area contributed by atoms with Crippen LogP contribution in [0.5, 0.6) is 5.75 Å². The average Bonchev–Trinajstić information content (AvgIpc) is 3.04. The van der Waals surface area contributed by atoms with E-state index < -0.39 is 0 Å². The number of hydrogen-bond donors (Lipinski definition) is 1. The third-order valence-corrected chi connectivity index (χ3v) is 4.71. The number of hydrogen-bond acceptors (Lipinski definition) is 4. The predicted octanol–water partition coefficient (Wildman–Crippen LogP) is 4.56. The molecule has 6 nitrogen and oxygen atoms in total. The molecule has 4 aromatic rings. The first-order valence-electron chi connectivity index (χ1n) is 9.41. The molecule has 4 rings (SSSR count). The summed E-state index contributed by atoms with van der Waals surface area (Å²) in [6.45, 7) is 7.23. The van der Waals surface area contributed by atoms with Gasteiger partial charge in [0, 0.05) is 17.5 Å². The van der Waals surface area contributed by atoms with E-state index in [0.717, 1.165) is 33.2 Å². The minimum absolute atomic E-state index is 0.213. The predicted molar refractivity (Wildman–Crippen MR) is 111 cm³/mol. The highest BCUT2D eigenvalue weighted by Crippen LogP contribution is 2.27. The largest absolute Gasteiger partial charge is 0.494 e. The summed E-state index contributed by atoms with van der Waals surface area (Å²) in [6, 6.07) is 15.2. The quantitative estimate of drug-likeness (QED) is 0.556. The van der Waals surface area contributed by atoms with Crippen molar-refractivity contribution in [2.24, 2.45) is 0 Å². The summed E-state index contributed by atoms with van der Waals surface area (Å²) < 4.78 is 7.24. The van der Waals surface area contributed by atoms with Crippen molar-refractivity contribution < 1.29 is 9.53 Å². The first-order chi connectivity index (χ1) is 13.6. The maximum absolute atomic E-state index is 12.7. The molecule has 28 heavy (non-hydrogen) atoms. The Kier molecular flexibility index (Phi) is 4.69. The summed E-state index contributed by atoms with van der Waals surface area (Å²) in [5.74, 6) is 1.05. The van der Waals surface area contributed by atoms with Crippen LogP contribution in [0.3, 0.4) is 0 Å². The first-order valence-corrected chi connectivity index (χ1v) is 9.41. The molecule has 0 unspecified atom stereocenters. The minimum Gasteiger partial charge on any atom is -0.494 e. The summed E-state index contributed by atoms with van der Waals surface area (Å²) in [7, 11) is 0. The third kappa shape index (κ3) is 3.17. The number of ether oxygens (including phenoxy) is 1. The Morgan fingerprint density at radius 1 is 1.14 bits per heavy atom. The zero-order valence-electron chi connectivity index (χ0n) is 16.2. The number of nitrogens with one attached hydrogen (secondary N) is 1. The van der Waals surface area contributed by atoms with Gasteiger partial charge in [0.1, 0.15) is 5.75 Å². The van der Waals surface area contributed by atoms with Gasteiger partial charge in [-0.25, -0.2) is 9.67 Å². The minimum atomic E-state index is -0.213. The average molecular weight is 374 g/mol. The second-order valence-corrected chi connectivity index (χ2v) is 6.58. The molecule has 2 aromatic carbocycles. The van der Waals surface area contributed by atoms with E-state index in [2.05, 4.69) is 10.4 Å². The molecule has 6 heteroatoms. The van der Waals surface area contributed by atoms with Gasteiger partial charge in [-0.2, -0.15) is 5.10 Å². The number of pyridine rings is 1. The molecule has 0 aliphatic carbocycles. The fourth-order valence-electron chi connectivity index (χ4n) is 3.29. The molecule has 0 spiro atoms. The van der Waals surface area contributed by atoms with Crippen molar-refractivity contribution >= 4 is 33.7 Å². The molecule has 0 aliphatic rings. The van der Waals surface area contributed by atoms with E-state index in [4.69, 9.17) is 9.72 Å². The fraction of sp³-hybridized carbons (Fsp3) is 0.227. The van der Waals surface area contributed by atoms with Crippen LogP contribution in [0.25, 0.3) is 21.9 Å². The van der Waals surface area contributed by atoms with Gasteiger partial charge in [0.25, 0.3) is 5.91 Å². The van der Waals surface area contributed by atoms with Gasteiger partial charge in [-0.05, 0) is 56.7 Å². The molecule has 0 bridgehead atoms. The highest BCUT2D eigenvalue weighted by Gasteiger charge is 2.16. The van der Waals surface area contributed by atoms with Crippen LogP contribution in [0.1, 0.15) is 29.8 Å². The van der Waals surface area contributed by atoms with Crippen LogP contribution >= 0.6 is 0 Å². The van der Waals surface area contributed by atoms with Crippen molar-refractivity contribution in [2.75, 3.05) is 11.9 Å². The summed E-state index contributed by atoms with van der Waals surface area (Å²) >= 11 is 0. The number of aryl methyl sites for hydroxylation is 2. The summed E-state index contributed by atoms with van der Waals surface area (Å²) in [4.78, 5) is 17.5. The molecular formula is C22H22N4O2. The highest BCUT2D eigenvalue weighted by molar-refractivity contribution is 6.09. The lowest BCUT2D eigenvalue weighted by molar-refractivity contribution is 0.102. The molecule has 0 fully saturated rings. The van der Waals surface area contributed by atoms with Crippen LogP contribution in [-0.2, 0) is 6.54 Å². The van der Waals surface area contributed by atoms with Crippen molar-refractivity contribution in [3.8, 4) is 5.75 Å². The SMILES string of the molecule is CCOc1ccc(C(=O)Nc2nn(CC)c3nc4c(C)cccc4cc23)cc1. The number of anilines is 1. The van der Waals surface area contributed by atoms with Crippen LogP contribution in [-0.4, -0.2) is 27.3 Å². The van der Waals surface area contributed by atoms with Crippen molar-refractivity contribution in [3.05, 3.63) is 59.7 Å². The van der Waals surface area contributed by atoms with Crippen molar-refractivity contribution in [3.63, 3.8) is 0 Å². The van der Waals surface area contributed by atoms with E-state index in [0.29, 0.717) is 24.5 Å². The molecule has 1 amide bonds. The Hall–Kier alpha value is -3.41. The molecule has 0 saturated carbocycles. The Bertz CT molecular complexity index is 1160. The zero-order valence-corrected chi connectivity index (χ0v) is 16.2. The maximum atomic E-state index is 12.7. The third-order valence-electron chi connectivity index (χ3n) is 4.71. The van der Waals surface area contributed by atoms with E-state index >= 15 is 0 Å². The fourth-order valence-corrected chi connectivity index (χ4v) is 3.29. The van der Waals surface area contributed by atoms with Gasteiger partial charge < -0.3 is 10.1 Å². The molecule has 0 aliphatic heterocycles. The molecular weight excluding hydrogens is 352 g/mol. The van der Waals surface area contributed by atoms with Gasteiger partial charge in [0.15, 0.2) is 11.5 Å². The second-order valence-electron chi connectivity index (χ2n) is 6.58. The highest BCUT2D eigenvalue weighted by atomic mass is 16.5. The number of nitrogens with zero attached hydrogens (tertiary/aromatic N) is 3. The van der Waals surface area contributed by atoms with Crippen LogP contribution in [0.2, 0.25) is 0 Å². The number of benzene rings is 2. The van der Waals surface area contributed by atoms with Gasteiger partial charge in [0.05, 0.1) is 17.5 Å². The van der Waals surface area contributed by atoms with E-state index in [1.807, 2.05) is 49.7 Å². The number of para-hydroxylation sites is 1. The molecule has 2 heterocycles. The molecule has 0 saturated heterocycles. The smallest absolute Gasteiger partial charge is 0.256 e. The summed E-state index contributed by atoms with van der Waals surface area (Å²) in [5.41, 5.74) is 3.38. The van der Waals surface area contributed by atoms with Gasteiger partial charge in [-0.1, -0.05) is 18.2 Å². The van der Waals surface area contributed by atoms with Gasteiger partial charge in [-0.3, -0.25) is 4.79 Å². The number of amides is 1. The Balaban J connectivity index is 1.72. The monoisotopic (exact) mass is 374 g/mol. The molecule has 2 aromatic heterocycles. The van der Waals surface area contributed by atoms with E-state index in [9.17, 15) is 4.79 Å². The van der Waals surface area contributed by atoms with E-state index in [1.54, 1.807) is 24.3 Å². The molecule has 0 radical (unpaired) electrons. The van der Waals surface area contributed by atoms with Crippen LogP contribution in [0.4, 0.5) is 5.82 Å². The topological polar surface area (TPSA) is 69.0 Å². The number of fused-ring (bicyclic) bond motifs is 2. The van der Waals surface area contributed by atoms with Crippen LogP contribution in [0.15, 0.2) is 48.5 Å². The van der Waals surface area contributed by atoms with E-state index in [1.165, 1.54) is 0 Å². The Morgan fingerprint density at radius 3 is 2.64 bits per heavy atom. The zero-order chi connectivity index (χ0) is 19.7. The lowest BCUT2D eigenvalue weighted by Crippen LogP contribution is -2.12. The normalized spacial score (nSPS) is 11.1. The van der Waals surface area contributed by atoms with Gasteiger partial charge in [0.2, 0.25) is 0 Å². The number of carbonyl (C=O) groups excluding carboxylic acids is 1. The maximum Gasteiger partial charge on any atom is 0.256 e. The Morgan fingerprint density at radius 2 is 1.93 bits per heavy atom. The lowest BCUT2D eigenvalue weighted by Gasteiger charge is -2.06. The molecule has 142 valence electrons. The van der Waals surface area contributed by atoms with Crippen LogP contribution in [0, 0.1) is 6.92 Å².